The average molecular weight is 372 g/mol. The molecule has 3 aliphatic rings. The lowest BCUT2D eigenvalue weighted by atomic mass is 9.97. The Bertz CT molecular complexity index is 668. The van der Waals surface area contributed by atoms with Crippen LogP contribution in [0.2, 0.25) is 0 Å². The first-order valence-electron chi connectivity index (χ1n) is 9.98. The molecule has 1 unspecified atom stereocenters. The second-order valence-corrected chi connectivity index (χ2v) is 7.64. The first kappa shape index (κ1) is 18.1. The Balaban J connectivity index is 1.30. The molecule has 7 nitrogen and oxygen atoms in total. The lowest BCUT2D eigenvalue weighted by molar-refractivity contribution is -0.121. The normalized spacial score (nSPS) is 23.0. The van der Waals surface area contributed by atoms with Crippen molar-refractivity contribution < 1.29 is 14.3 Å². The Morgan fingerprint density at radius 2 is 1.74 bits per heavy atom. The lowest BCUT2D eigenvalue weighted by Crippen LogP contribution is -2.48. The van der Waals surface area contributed by atoms with Gasteiger partial charge in [0.25, 0.3) is 0 Å². The van der Waals surface area contributed by atoms with E-state index in [0.717, 1.165) is 69.9 Å². The zero-order chi connectivity index (χ0) is 18.6. The first-order valence-corrected chi connectivity index (χ1v) is 9.98. The second-order valence-electron chi connectivity index (χ2n) is 7.64. The molecule has 1 aromatic carbocycles. The van der Waals surface area contributed by atoms with Crippen molar-refractivity contribution in [2.24, 2.45) is 5.92 Å². The summed E-state index contributed by atoms with van der Waals surface area (Å²) >= 11 is 0. The Labute approximate surface area is 160 Å². The summed E-state index contributed by atoms with van der Waals surface area (Å²) in [6, 6.07) is 8.29. The van der Waals surface area contributed by atoms with Gasteiger partial charge in [-0.2, -0.15) is 0 Å². The van der Waals surface area contributed by atoms with Gasteiger partial charge >= 0.3 is 6.03 Å². The Morgan fingerprint density at radius 1 is 1.00 bits per heavy atom. The largest absolute Gasteiger partial charge is 0.378 e. The minimum Gasteiger partial charge on any atom is -0.378 e. The lowest BCUT2D eigenvalue weighted by Gasteiger charge is -2.32. The van der Waals surface area contributed by atoms with Gasteiger partial charge in [0.15, 0.2) is 0 Å². The fourth-order valence-corrected chi connectivity index (χ4v) is 3.69. The molecule has 1 aliphatic carbocycles. The number of hydrogen-bond donors (Lipinski definition) is 2. The number of ether oxygens (including phenoxy) is 1. The molecule has 3 fully saturated rings. The Kier molecular flexibility index (Phi) is 5.48. The maximum Gasteiger partial charge on any atom is 0.317 e. The molecular formula is C20H28N4O3. The SMILES string of the molecule is O=C(Nc1ccc(N2CCOCC2)cc1)C1CCCN(C(=O)NC2CC2)C1. The van der Waals surface area contributed by atoms with E-state index in [2.05, 4.69) is 15.5 Å². The number of carbonyl (C=O) groups excluding carboxylic acids is 2. The molecule has 2 saturated heterocycles. The number of nitrogens with zero attached hydrogens (tertiary/aromatic N) is 2. The van der Waals surface area contributed by atoms with E-state index in [1.165, 1.54) is 0 Å². The van der Waals surface area contributed by atoms with Gasteiger partial charge in [-0.15, -0.1) is 0 Å². The third-order valence-electron chi connectivity index (χ3n) is 5.50. The van der Waals surface area contributed by atoms with Crippen LogP contribution in [0, 0.1) is 5.92 Å². The molecule has 3 amide bonds. The number of benzene rings is 1. The van der Waals surface area contributed by atoms with Crippen LogP contribution in [0.1, 0.15) is 25.7 Å². The standard InChI is InChI=1S/C20H28N4O3/c25-19(15-2-1-9-24(14-15)20(26)22-17-3-4-17)21-16-5-7-18(8-6-16)23-10-12-27-13-11-23/h5-8,15,17H,1-4,9-14H2,(H,21,25)(H,22,26). The summed E-state index contributed by atoms with van der Waals surface area (Å²) in [5.41, 5.74) is 1.95. The van der Waals surface area contributed by atoms with Gasteiger partial charge in [0, 0.05) is 43.6 Å². The number of hydrogen-bond acceptors (Lipinski definition) is 4. The monoisotopic (exact) mass is 372 g/mol. The van der Waals surface area contributed by atoms with Crippen LogP contribution in [-0.4, -0.2) is 62.3 Å². The number of rotatable bonds is 4. The van der Waals surface area contributed by atoms with Crippen molar-refractivity contribution >= 4 is 23.3 Å². The molecular weight excluding hydrogens is 344 g/mol. The maximum absolute atomic E-state index is 12.7. The zero-order valence-corrected chi connectivity index (χ0v) is 15.7. The first-order chi connectivity index (χ1) is 13.2. The minimum absolute atomic E-state index is 0.00181. The number of morpholine rings is 1. The van der Waals surface area contributed by atoms with E-state index in [9.17, 15) is 9.59 Å². The van der Waals surface area contributed by atoms with Gasteiger partial charge < -0.3 is 25.2 Å². The van der Waals surface area contributed by atoms with Crippen molar-refractivity contribution in [1.82, 2.24) is 10.2 Å². The van der Waals surface area contributed by atoms with Gasteiger partial charge in [-0.25, -0.2) is 4.79 Å². The van der Waals surface area contributed by atoms with Crippen LogP contribution in [0.25, 0.3) is 0 Å². The molecule has 1 saturated carbocycles. The summed E-state index contributed by atoms with van der Waals surface area (Å²) < 4.78 is 5.38. The summed E-state index contributed by atoms with van der Waals surface area (Å²) in [4.78, 5) is 29.0. The quantitative estimate of drug-likeness (QED) is 0.848. The molecule has 1 atom stereocenters. The molecule has 2 N–H and O–H groups in total. The molecule has 2 aliphatic heterocycles. The molecule has 7 heteroatoms. The van der Waals surface area contributed by atoms with Gasteiger partial charge in [-0.3, -0.25) is 4.79 Å². The van der Waals surface area contributed by atoms with Crippen LogP contribution in [0.3, 0.4) is 0 Å². The van der Waals surface area contributed by atoms with Crippen molar-refractivity contribution in [2.75, 3.05) is 49.6 Å². The molecule has 1 aromatic rings. The van der Waals surface area contributed by atoms with Crippen molar-refractivity contribution in [3.8, 4) is 0 Å². The number of nitrogens with one attached hydrogen (secondary N) is 2. The summed E-state index contributed by atoms with van der Waals surface area (Å²) in [5.74, 6) is -0.152. The molecule has 0 spiro atoms. The van der Waals surface area contributed by atoms with Crippen LogP contribution in [0.15, 0.2) is 24.3 Å². The highest BCUT2D eigenvalue weighted by Crippen LogP contribution is 2.23. The van der Waals surface area contributed by atoms with Gasteiger partial charge in [0.2, 0.25) is 5.91 Å². The van der Waals surface area contributed by atoms with Gasteiger partial charge in [-0.05, 0) is 49.9 Å². The van der Waals surface area contributed by atoms with Crippen LogP contribution in [0.5, 0.6) is 0 Å². The van der Waals surface area contributed by atoms with E-state index in [0.29, 0.717) is 12.6 Å². The topological polar surface area (TPSA) is 73.9 Å². The molecule has 0 aromatic heterocycles. The number of likely N-dealkylation sites (tertiary alicyclic amines) is 1. The van der Waals surface area contributed by atoms with Crippen LogP contribution < -0.4 is 15.5 Å². The highest BCUT2D eigenvalue weighted by molar-refractivity contribution is 5.93. The highest BCUT2D eigenvalue weighted by atomic mass is 16.5. The molecule has 2 heterocycles. The van der Waals surface area contributed by atoms with E-state index in [-0.39, 0.29) is 17.9 Å². The smallest absolute Gasteiger partial charge is 0.317 e. The van der Waals surface area contributed by atoms with Gasteiger partial charge in [-0.1, -0.05) is 0 Å². The van der Waals surface area contributed by atoms with Crippen LogP contribution in [-0.2, 0) is 9.53 Å². The van der Waals surface area contributed by atoms with Crippen LogP contribution >= 0.6 is 0 Å². The zero-order valence-electron chi connectivity index (χ0n) is 15.7. The van der Waals surface area contributed by atoms with Crippen molar-refractivity contribution in [2.45, 2.75) is 31.7 Å². The van der Waals surface area contributed by atoms with E-state index in [4.69, 9.17) is 4.74 Å². The van der Waals surface area contributed by atoms with E-state index in [1.54, 1.807) is 4.90 Å². The average Bonchev–Trinajstić information content (AvgIpc) is 3.53. The molecule has 27 heavy (non-hydrogen) atoms. The number of amides is 3. The van der Waals surface area contributed by atoms with E-state index in [1.807, 2.05) is 24.3 Å². The fraction of sp³-hybridized carbons (Fsp3) is 0.600. The molecule has 4 rings (SSSR count). The summed E-state index contributed by atoms with van der Waals surface area (Å²) in [7, 11) is 0. The second kappa shape index (κ2) is 8.17. The summed E-state index contributed by atoms with van der Waals surface area (Å²) in [6.07, 6.45) is 3.84. The molecule has 0 radical (unpaired) electrons. The number of urea groups is 1. The van der Waals surface area contributed by atoms with Crippen molar-refractivity contribution in [3.05, 3.63) is 24.3 Å². The minimum atomic E-state index is -0.150. The Morgan fingerprint density at radius 3 is 2.44 bits per heavy atom. The third kappa shape index (κ3) is 4.71. The highest BCUT2D eigenvalue weighted by Gasteiger charge is 2.31. The summed E-state index contributed by atoms with van der Waals surface area (Å²) in [6.45, 7) is 4.53. The molecule has 146 valence electrons. The van der Waals surface area contributed by atoms with E-state index < -0.39 is 0 Å². The molecule has 0 bridgehead atoms. The number of anilines is 2. The number of carbonyl (C=O) groups is 2. The predicted molar refractivity (Wildman–Crippen MR) is 104 cm³/mol. The fourth-order valence-electron chi connectivity index (χ4n) is 3.69. The van der Waals surface area contributed by atoms with Gasteiger partial charge in [0.1, 0.15) is 0 Å². The maximum atomic E-state index is 12.7. The van der Waals surface area contributed by atoms with Crippen molar-refractivity contribution in [3.63, 3.8) is 0 Å². The third-order valence-corrected chi connectivity index (χ3v) is 5.50. The predicted octanol–water partition coefficient (Wildman–Crippen LogP) is 2.05. The van der Waals surface area contributed by atoms with Crippen LogP contribution in [0.4, 0.5) is 16.2 Å². The summed E-state index contributed by atoms with van der Waals surface area (Å²) in [5, 5.41) is 6.03. The number of piperidine rings is 1. The Hall–Kier alpha value is -2.28. The van der Waals surface area contributed by atoms with Crippen molar-refractivity contribution in [1.29, 1.82) is 0 Å². The van der Waals surface area contributed by atoms with E-state index >= 15 is 0 Å². The van der Waals surface area contributed by atoms with Gasteiger partial charge in [0.05, 0.1) is 19.1 Å².